The number of nitrogens with zero attached hydrogens (tertiary/aromatic N) is 2. The van der Waals surface area contributed by atoms with Gasteiger partial charge in [0, 0.05) is 42.4 Å². The van der Waals surface area contributed by atoms with Crippen LogP contribution in [0.3, 0.4) is 0 Å². The zero-order valence-electron chi connectivity index (χ0n) is 12.7. The second kappa shape index (κ2) is 7.12. The van der Waals surface area contributed by atoms with Gasteiger partial charge >= 0.3 is 0 Å². The van der Waals surface area contributed by atoms with Crippen molar-refractivity contribution in [3.05, 3.63) is 28.2 Å². The van der Waals surface area contributed by atoms with Crippen molar-refractivity contribution in [3.8, 4) is 0 Å². The monoisotopic (exact) mass is 351 g/mol. The molecule has 0 unspecified atom stereocenters. The maximum Gasteiger partial charge on any atom is 0.0400 e. The van der Waals surface area contributed by atoms with Gasteiger partial charge < -0.3 is 10.6 Å². The topological polar surface area (TPSA) is 32.5 Å². The fourth-order valence-electron chi connectivity index (χ4n) is 3.82. The molecule has 0 amide bonds. The van der Waals surface area contributed by atoms with Crippen LogP contribution in [0.15, 0.2) is 22.7 Å². The number of rotatable bonds is 4. The van der Waals surface area contributed by atoms with Crippen LogP contribution in [0, 0.1) is 0 Å². The van der Waals surface area contributed by atoms with Crippen LogP contribution in [0.25, 0.3) is 0 Å². The lowest BCUT2D eigenvalue weighted by atomic mass is 10.1. The summed E-state index contributed by atoms with van der Waals surface area (Å²) in [6, 6.07) is 7.49. The zero-order valence-corrected chi connectivity index (χ0v) is 14.3. The van der Waals surface area contributed by atoms with Gasteiger partial charge in [-0.1, -0.05) is 28.8 Å². The molecule has 2 fully saturated rings. The van der Waals surface area contributed by atoms with E-state index in [1.54, 1.807) is 0 Å². The summed E-state index contributed by atoms with van der Waals surface area (Å²) < 4.78 is 1.15. The Bertz CT molecular complexity index is 463. The molecular formula is C17H26BrN3. The van der Waals surface area contributed by atoms with Crippen LogP contribution in [0.4, 0.5) is 5.69 Å². The second-order valence-electron chi connectivity index (χ2n) is 6.27. The van der Waals surface area contributed by atoms with Crippen molar-refractivity contribution >= 4 is 21.6 Å². The normalized spacial score (nSPS) is 21.1. The minimum absolute atomic E-state index is 0.714. The van der Waals surface area contributed by atoms with Gasteiger partial charge in [0.2, 0.25) is 0 Å². The fourth-order valence-corrected chi connectivity index (χ4v) is 4.22. The third-order valence-corrected chi connectivity index (χ3v) is 5.44. The lowest BCUT2D eigenvalue weighted by Gasteiger charge is -2.39. The summed E-state index contributed by atoms with van der Waals surface area (Å²) in [7, 11) is 0. The molecule has 1 aromatic carbocycles. The van der Waals surface area contributed by atoms with Gasteiger partial charge in [0.05, 0.1) is 0 Å². The van der Waals surface area contributed by atoms with Gasteiger partial charge in [-0.2, -0.15) is 0 Å². The maximum atomic E-state index is 5.77. The first kappa shape index (κ1) is 15.3. The first-order chi connectivity index (χ1) is 10.3. The van der Waals surface area contributed by atoms with Crippen molar-refractivity contribution in [2.75, 3.05) is 37.6 Å². The molecule has 116 valence electrons. The molecule has 0 aromatic heterocycles. The van der Waals surface area contributed by atoms with Crippen molar-refractivity contribution in [2.24, 2.45) is 5.73 Å². The summed E-state index contributed by atoms with van der Waals surface area (Å²) in [6.45, 7) is 5.43. The van der Waals surface area contributed by atoms with Gasteiger partial charge in [0.1, 0.15) is 0 Å². The molecule has 1 saturated carbocycles. The van der Waals surface area contributed by atoms with Gasteiger partial charge in [-0.05, 0) is 49.6 Å². The van der Waals surface area contributed by atoms with Gasteiger partial charge in [0.25, 0.3) is 0 Å². The van der Waals surface area contributed by atoms with E-state index < -0.39 is 0 Å². The highest BCUT2D eigenvalue weighted by Gasteiger charge is 2.26. The molecule has 1 aliphatic heterocycles. The molecule has 3 nitrogen and oxygen atoms in total. The van der Waals surface area contributed by atoms with E-state index in [1.807, 2.05) is 0 Å². The molecular weight excluding hydrogens is 326 g/mol. The van der Waals surface area contributed by atoms with E-state index in [0.717, 1.165) is 30.0 Å². The van der Waals surface area contributed by atoms with Gasteiger partial charge in [-0.15, -0.1) is 0 Å². The number of nitrogens with two attached hydrogens (primary N) is 1. The highest BCUT2D eigenvalue weighted by Crippen LogP contribution is 2.28. The Balaban J connectivity index is 1.66. The van der Waals surface area contributed by atoms with Gasteiger partial charge in [-0.25, -0.2) is 0 Å². The van der Waals surface area contributed by atoms with E-state index >= 15 is 0 Å². The summed E-state index contributed by atoms with van der Waals surface area (Å²) in [5, 5.41) is 0. The average Bonchev–Trinajstić information content (AvgIpc) is 3.02. The van der Waals surface area contributed by atoms with Gasteiger partial charge in [-0.3, -0.25) is 4.90 Å². The third kappa shape index (κ3) is 3.61. The van der Waals surface area contributed by atoms with Crippen LogP contribution in [0.5, 0.6) is 0 Å². The molecule has 0 atom stereocenters. The van der Waals surface area contributed by atoms with Crippen LogP contribution in [-0.2, 0) is 6.42 Å². The van der Waals surface area contributed by atoms with Crippen LogP contribution in [0.1, 0.15) is 31.2 Å². The van der Waals surface area contributed by atoms with E-state index in [0.29, 0.717) is 6.54 Å². The fraction of sp³-hybridized carbons (Fsp3) is 0.647. The number of hydrogen-bond donors (Lipinski definition) is 1. The Morgan fingerprint density at radius 2 is 1.81 bits per heavy atom. The Kier molecular flexibility index (Phi) is 5.19. The lowest BCUT2D eigenvalue weighted by Crippen LogP contribution is -2.50. The van der Waals surface area contributed by atoms with Gasteiger partial charge in [0.15, 0.2) is 0 Å². The summed E-state index contributed by atoms with van der Waals surface area (Å²) >= 11 is 3.58. The number of halogens is 1. The minimum Gasteiger partial charge on any atom is -0.369 e. The minimum atomic E-state index is 0.714. The highest BCUT2D eigenvalue weighted by molar-refractivity contribution is 9.10. The molecule has 2 aliphatic rings. The molecule has 1 saturated heterocycles. The van der Waals surface area contributed by atoms with E-state index in [-0.39, 0.29) is 0 Å². The van der Waals surface area contributed by atoms with Crippen LogP contribution >= 0.6 is 15.9 Å². The number of anilines is 1. The molecule has 0 radical (unpaired) electrons. The molecule has 0 spiro atoms. The number of benzene rings is 1. The molecule has 21 heavy (non-hydrogen) atoms. The summed E-state index contributed by atoms with van der Waals surface area (Å²) in [5.74, 6) is 0. The molecule has 0 bridgehead atoms. The quantitative estimate of drug-likeness (QED) is 0.904. The largest absolute Gasteiger partial charge is 0.369 e. The average molecular weight is 352 g/mol. The summed E-state index contributed by atoms with van der Waals surface area (Å²) in [5.41, 5.74) is 8.53. The standard InChI is InChI=1S/C17H26BrN3/c18-15-5-6-17(14(13-15)7-8-19)21-11-9-20(10-12-21)16-3-1-2-4-16/h5-6,13,16H,1-4,7-12,19H2. The summed E-state index contributed by atoms with van der Waals surface area (Å²) in [6.07, 6.45) is 6.64. The Morgan fingerprint density at radius 3 is 2.48 bits per heavy atom. The predicted octanol–water partition coefficient (Wildman–Crippen LogP) is 3.01. The van der Waals surface area contributed by atoms with Crippen molar-refractivity contribution in [1.82, 2.24) is 4.90 Å². The van der Waals surface area contributed by atoms with Crippen LogP contribution in [0.2, 0.25) is 0 Å². The molecule has 1 heterocycles. The van der Waals surface area contributed by atoms with Crippen molar-refractivity contribution in [1.29, 1.82) is 0 Å². The SMILES string of the molecule is NCCc1cc(Br)ccc1N1CCN(C2CCCC2)CC1. The molecule has 3 rings (SSSR count). The smallest absolute Gasteiger partial charge is 0.0400 e. The van der Waals surface area contributed by atoms with E-state index in [1.165, 1.54) is 50.0 Å². The van der Waals surface area contributed by atoms with Crippen LogP contribution in [-0.4, -0.2) is 43.7 Å². The Morgan fingerprint density at radius 1 is 1.10 bits per heavy atom. The highest BCUT2D eigenvalue weighted by atomic mass is 79.9. The van der Waals surface area contributed by atoms with E-state index in [2.05, 4.69) is 43.9 Å². The predicted molar refractivity (Wildman–Crippen MR) is 92.9 cm³/mol. The molecule has 1 aromatic rings. The maximum absolute atomic E-state index is 5.77. The lowest BCUT2D eigenvalue weighted by molar-refractivity contribution is 0.187. The second-order valence-corrected chi connectivity index (χ2v) is 7.19. The number of piperazine rings is 1. The molecule has 1 aliphatic carbocycles. The first-order valence-electron chi connectivity index (χ1n) is 8.25. The van der Waals surface area contributed by atoms with Crippen molar-refractivity contribution in [2.45, 2.75) is 38.1 Å². The molecule has 4 heteroatoms. The first-order valence-corrected chi connectivity index (χ1v) is 9.05. The zero-order chi connectivity index (χ0) is 14.7. The summed E-state index contributed by atoms with van der Waals surface area (Å²) in [4.78, 5) is 5.26. The Hall–Kier alpha value is -0.580. The van der Waals surface area contributed by atoms with Crippen LogP contribution < -0.4 is 10.6 Å². The van der Waals surface area contributed by atoms with Crippen molar-refractivity contribution in [3.63, 3.8) is 0 Å². The van der Waals surface area contributed by atoms with Crippen molar-refractivity contribution < 1.29 is 0 Å². The molecule has 2 N–H and O–H groups in total. The number of hydrogen-bond acceptors (Lipinski definition) is 3. The van der Waals surface area contributed by atoms with E-state index in [9.17, 15) is 0 Å². The van der Waals surface area contributed by atoms with E-state index in [4.69, 9.17) is 5.73 Å². The third-order valence-electron chi connectivity index (χ3n) is 4.95. The Labute approximate surface area is 136 Å².